The number of rotatable bonds is 11. The number of nitrogens with one attached hydrogen (secondary N) is 1. The smallest absolute Gasteiger partial charge is 0.411 e. The summed E-state index contributed by atoms with van der Waals surface area (Å²) in [4.78, 5) is 30.7. The zero-order chi connectivity index (χ0) is 38.6. The number of carbonyl (C=O) groups excluding carboxylic acids is 1. The van der Waals surface area contributed by atoms with Gasteiger partial charge in [-0.2, -0.15) is 0 Å². The number of aliphatic hydroxyl groups is 1. The van der Waals surface area contributed by atoms with Gasteiger partial charge in [0.1, 0.15) is 29.7 Å². The van der Waals surface area contributed by atoms with Crippen molar-refractivity contribution in [2.45, 2.75) is 69.8 Å². The van der Waals surface area contributed by atoms with Crippen LogP contribution in [-0.2, 0) is 26.4 Å². The summed E-state index contributed by atoms with van der Waals surface area (Å²) >= 11 is 0. The fourth-order valence-corrected chi connectivity index (χ4v) is 7.36. The Morgan fingerprint density at radius 1 is 0.891 bits per heavy atom. The molecule has 0 saturated carbocycles. The molecule has 280 valence electrons. The number of hydrogen-bond acceptors (Lipinski definition) is 8. The molecule has 4 atom stereocenters. The van der Waals surface area contributed by atoms with Gasteiger partial charge in [0.15, 0.2) is 5.82 Å². The number of hydrogen-bond donors (Lipinski definition) is 2. The highest BCUT2D eigenvalue weighted by Gasteiger charge is 2.55. The Hall–Kier alpha value is -6.04. The Balaban J connectivity index is 1.39. The second-order valence-electron chi connectivity index (χ2n) is 14.6. The fourth-order valence-electron chi connectivity index (χ4n) is 7.36. The third-order valence-corrected chi connectivity index (χ3v) is 9.81. The van der Waals surface area contributed by atoms with Crippen molar-refractivity contribution in [1.29, 1.82) is 0 Å². The topological polar surface area (TPSA) is 159 Å². The number of nitrogens with zero attached hydrogens (tertiary/aromatic N) is 6. The van der Waals surface area contributed by atoms with E-state index in [1.807, 2.05) is 122 Å². The number of likely N-dealkylation sites (tertiary alicyclic amines) is 1. The minimum Gasteiger partial charge on any atom is -0.444 e. The summed E-state index contributed by atoms with van der Waals surface area (Å²) in [6.07, 6.45) is 0.0203. The lowest BCUT2D eigenvalue weighted by molar-refractivity contribution is -0.0763. The first-order chi connectivity index (χ1) is 26.6. The van der Waals surface area contributed by atoms with Gasteiger partial charge >= 0.3 is 6.09 Å². The summed E-state index contributed by atoms with van der Waals surface area (Å²) in [6, 6.07) is 35.9. The maximum atomic E-state index is 14.6. The quantitative estimate of drug-likeness (QED) is 0.0582. The molecule has 0 aliphatic carbocycles. The van der Waals surface area contributed by atoms with Crippen molar-refractivity contribution in [3.8, 4) is 0 Å². The van der Waals surface area contributed by atoms with E-state index in [4.69, 9.17) is 14.2 Å². The number of amides is 1. The number of fused-ring (bicyclic) bond motifs is 1. The molecular formula is C43H43N7O5. The van der Waals surface area contributed by atoms with Crippen LogP contribution in [0, 0.1) is 6.92 Å². The molecule has 1 fully saturated rings. The van der Waals surface area contributed by atoms with Gasteiger partial charge in [-0.25, -0.2) is 14.8 Å². The van der Waals surface area contributed by atoms with Crippen LogP contribution in [0.5, 0.6) is 0 Å². The predicted octanol–water partition coefficient (Wildman–Crippen LogP) is 8.82. The lowest BCUT2D eigenvalue weighted by Gasteiger charge is -2.39. The Kier molecular flexibility index (Phi) is 10.7. The van der Waals surface area contributed by atoms with Crippen LogP contribution in [0.3, 0.4) is 0 Å². The molecule has 7 rings (SSSR count). The van der Waals surface area contributed by atoms with Crippen LogP contribution < -0.4 is 0 Å². The third kappa shape index (κ3) is 7.53. The van der Waals surface area contributed by atoms with E-state index in [1.165, 1.54) is 11.2 Å². The Morgan fingerprint density at radius 3 is 2.02 bits per heavy atom. The van der Waals surface area contributed by atoms with E-state index in [0.717, 1.165) is 27.8 Å². The van der Waals surface area contributed by atoms with E-state index in [2.05, 4.69) is 25.0 Å². The first kappa shape index (κ1) is 37.3. The van der Waals surface area contributed by atoms with Crippen molar-refractivity contribution in [1.82, 2.24) is 19.9 Å². The molecule has 6 aromatic rings. The van der Waals surface area contributed by atoms with E-state index in [-0.39, 0.29) is 19.0 Å². The number of azide groups is 1. The van der Waals surface area contributed by atoms with Crippen molar-refractivity contribution in [3.05, 3.63) is 172 Å². The van der Waals surface area contributed by atoms with Gasteiger partial charge < -0.3 is 24.3 Å². The van der Waals surface area contributed by atoms with E-state index in [0.29, 0.717) is 16.6 Å². The van der Waals surface area contributed by atoms with E-state index in [1.54, 1.807) is 27.0 Å². The van der Waals surface area contributed by atoms with Crippen LogP contribution in [0.2, 0.25) is 0 Å². The highest BCUT2D eigenvalue weighted by molar-refractivity contribution is 5.87. The van der Waals surface area contributed by atoms with Crippen LogP contribution >= 0.6 is 0 Å². The number of benzene rings is 4. The monoisotopic (exact) mass is 737 g/mol. The number of aromatic nitrogens is 3. The average molecular weight is 738 g/mol. The average Bonchev–Trinajstić information content (AvgIpc) is 3.74. The van der Waals surface area contributed by atoms with Gasteiger partial charge in [-0.15, -0.1) is 0 Å². The Morgan fingerprint density at radius 2 is 1.47 bits per heavy atom. The highest BCUT2D eigenvalue weighted by Crippen LogP contribution is 2.45. The van der Waals surface area contributed by atoms with Crippen molar-refractivity contribution < 1.29 is 24.1 Å². The molecule has 1 saturated heterocycles. The molecule has 1 aliphatic rings. The summed E-state index contributed by atoms with van der Waals surface area (Å²) in [6.45, 7) is 7.47. The van der Waals surface area contributed by atoms with Gasteiger partial charge in [0, 0.05) is 16.7 Å². The first-order valence-electron chi connectivity index (χ1n) is 18.1. The second kappa shape index (κ2) is 15.7. The molecular weight excluding hydrogens is 695 g/mol. The molecule has 0 unspecified atom stereocenters. The maximum Gasteiger partial charge on any atom is 0.411 e. The van der Waals surface area contributed by atoms with Gasteiger partial charge in [0.2, 0.25) is 0 Å². The normalized spacial score (nSPS) is 18.6. The van der Waals surface area contributed by atoms with E-state index < -0.39 is 41.6 Å². The van der Waals surface area contributed by atoms with Gasteiger partial charge in [-0.3, -0.25) is 4.90 Å². The zero-order valence-electron chi connectivity index (χ0n) is 31.1. The summed E-state index contributed by atoms with van der Waals surface area (Å²) < 4.78 is 20.0. The molecule has 12 heteroatoms. The zero-order valence-corrected chi connectivity index (χ0v) is 31.1. The lowest BCUT2D eigenvalue weighted by atomic mass is 9.80. The number of H-pyrrole nitrogens is 1. The standard InChI is InChI=1S/C43H43N7O5/c1-28-20-22-29(23-21-28)25-53-39-34(26-54-43(30-14-8-5-9-15-30,31-16-10-6-11-17-31)32-18-12-7-13-19-32)50(41(52)55-42(2,3)4)37(38(39)51)33-24-45-36-35(33)46-27-47-40(36)48-49-44/h5-24,27,34,37-39,45,51H,25-26H2,1-4H3/t34-,37+,38+,39-/m1/s1. The molecule has 0 spiro atoms. The molecule has 55 heavy (non-hydrogen) atoms. The molecule has 4 aromatic carbocycles. The fraction of sp³-hybridized carbons (Fsp3) is 0.279. The number of aryl methyl sites for hydroxylation is 1. The van der Waals surface area contributed by atoms with Crippen LogP contribution in [0.1, 0.15) is 60.2 Å². The van der Waals surface area contributed by atoms with Crippen LogP contribution in [0.15, 0.2) is 133 Å². The summed E-state index contributed by atoms with van der Waals surface area (Å²) in [7, 11) is 0. The van der Waals surface area contributed by atoms with Crippen molar-refractivity contribution >= 4 is 22.9 Å². The summed E-state index contributed by atoms with van der Waals surface area (Å²) in [5.41, 5.74) is 13.0. The van der Waals surface area contributed by atoms with Gasteiger partial charge in [0.25, 0.3) is 0 Å². The summed E-state index contributed by atoms with van der Waals surface area (Å²) in [5.74, 6) is 0.0838. The molecule has 2 N–H and O–H groups in total. The Bertz CT molecular complexity index is 2180. The van der Waals surface area contributed by atoms with Crippen LogP contribution in [-0.4, -0.2) is 61.5 Å². The first-order valence-corrected chi connectivity index (χ1v) is 18.1. The number of aliphatic hydroxyl groups excluding tert-OH is 1. The van der Waals surface area contributed by atoms with E-state index in [9.17, 15) is 15.4 Å². The third-order valence-electron chi connectivity index (χ3n) is 9.81. The number of ether oxygens (including phenoxy) is 3. The predicted molar refractivity (Wildman–Crippen MR) is 208 cm³/mol. The van der Waals surface area contributed by atoms with Crippen molar-refractivity contribution in [2.24, 2.45) is 5.11 Å². The molecule has 3 heterocycles. The Labute approximate surface area is 319 Å². The molecule has 0 radical (unpaired) electrons. The molecule has 2 aromatic heterocycles. The number of aromatic amines is 1. The van der Waals surface area contributed by atoms with Gasteiger partial charge in [-0.05, 0) is 60.6 Å². The lowest BCUT2D eigenvalue weighted by Crippen LogP contribution is -2.48. The van der Waals surface area contributed by atoms with Crippen molar-refractivity contribution in [3.63, 3.8) is 0 Å². The minimum atomic E-state index is -1.27. The van der Waals surface area contributed by atoms with Crippen LogP contribution in [0.25, 0.3) is 21.5 Å². The molecule has 0 bridgehead atoms. The van der Waals surface area contributed by atoms with Crippen LogP contribution in [0.4, 0.5) is 10.6 Å². The maximum absolute atomic E-state index is 14.6. The van der Waals surface area contributed by atoms with Gasteiger partial charge in [-0.1, -0.05) is 121 Å². The highest BCUT2D eigenvalue weighted by atomic mass is 16.6. The molecule has 1 amide bonds. The molecule has 1 aliphatic heterocycles. The van der Waals surface area contributed by atoms with E-state index >= 15 is 0 Å². The van der Waals surface area contributed by atoms with Crippen molar-refractivity contribution in [2.75, 3.05) is 6.61 Å². The molecule has 12 nitrogen and oxygen atoms in total. The van der Waals surface area contributed by atoms with Gasteiger partial charge in [0.05, 0.1) is 36.3 Å². The largest absolute Gasteiger partial charge is 0.444 e. The second-order valence-corrected chi connectivity index (χ2v) is 14.6. The summed E-state index contributed by atoms with van der Waals surface area (Å²) in [5, 5.41) is 16.2. The SMILES string of the molecule is Cc1ccc(CO[C@H]2[C@@H](O)[C@H](c3c[nH]c4c(N=[N+]=[N-])ncnc34)N(C(=O)OC(C)(C)C)[C@@H]2COC(c2ccccc2)(c2ccccc2)c2ccccc2)cc1. The minimum absolute atomic E-state index is 0.0780. The number of carbonyl (C=O) groups is 1.